The molecule has 0 radical (unpaired) electrons. The van der Waals surface area contributed by atoms with Crippen molar-refractivity contribution in [2.24, 2.45) is 0 Å². The van der Waals surface area contributed by atoms with Crippen LogP contribution in [0, 0.1) is 0 Å². The van der Waals surface area contributed by atoms with Crippen molar-refractivity contribution in [3.8, 4) is 0 Å². The van der Waals surface area contributed by atoms with E-state index in [0.29, 0.717) is 0 Å². The number of rotatable bonds is 6. The maximum Gasteiger partial charge on any atom is 0.132 e. The number of para-hydroxylation sites is 1. The third-order valence-electron chi connectivity index (χ3n) is 4.17. The van der Waals surface area contributed by atoms with Gasteiger partial charge in [-0.05, 0) is 24.1 Å². The molecular formula is C20H24N2. The highest BCUT2D eigenvalue weighted by Crippen LogP contribution is 2.35. The second-order valence-corrected chi connectivity index (χ2v) is 5.77. The summed E-state index contributed by atoms with van der Waals surface area (Å²) in [5.74, 6) is 0. The summed E-state index contributed by atoms with van der Waals surface area (Å²) in [5, 5.41) is 0. The number of nitrogens with zero attached hydrogens (tertiary/aromatic N) is 2. The van der Waals surface area contributed by atoms with Crippen LogP contribution in [0.25, 0.3) is 0 Å². The topological polar surface area (TPSA) is 6.48 Å². The Morgan fingerprint density at radius 2 is 1.50 bits per heavy atom. The van der Waals surface area contributed by atoms with Gasteiger partial charge in [0.25, 0.3) is 0 Å². The van der Waals surface area contributed by atoms with Crippen molar-refractivity contribution in [3.05, 3.63) is 78.6 Å². The molecule has 22 heavy (non-hydrogen) atoms. The van der Waals surface area contributed by atoms with E-state index in [0.717, 1.165) is 6.54 Å². The van der Waals surface area contributed by atoms with Crippen molar-refractivity contribution >= 4 is 5.69 Å². The first-order valence-electron chi connectivity index (χ1n) is 8.22. The molecule has 0 aliphatic carbocycles. The highest BCUT2D eigenvalue weighted by Gasteiger charge is 2.28. The molecule has 2 aromatic rings. The molecule has 1 aliphatic rings. The summed E-state index contributed by atoms with van der Waals surface area (Å²) < 4.78 is 0. The van der Waals surface area contributed by atoms with E-state index in [1.54, 1.807) is 0 Å². The van der Waals surface area contributed by atoms with Crippen LogP contribution < -0.4 is 4.90 Å². The predicted molar refractivity (Wildman–Crippen MR) is 93.5 cm³/mol. The molecule has 1 heterocycles. The van der Waals surface area contributed by atoms with E-state index in [1.807, 2.05) is 0 Å². The van der Waals surface area contributed by atoms with E-state index in [2.05, 4.69) is 89.8 Å². The summed E-state index contributed by atoms with van der Waals surface area (Å²) >= 11 is 0. The Hall–Kier alpha value is -2.22. The smallest absolute Gasteiger partial charge is 0.132 e. The van der Waals surface area contributed by atoms with Gasteiger partial charge >= 0.3 is 0 Å². The third kappa shape index (κ3) is 3.16. The second-order valence-electron chi connectivity index (χ2n) is 5.77. The van der Waals surface area contributed by atoms with Gasteiger partial charge in [0.2, 0.25) is 0 Å². The summed E-state index contributed by atoms with van der Waals surface area (Å²) in [5.41, 5.74) is 2.58. The molecule has 114 valence electrons. The highest BCUT2D eigenvalue weighted by atomic mass is 15.4. The lowest BCUT2D eigenvalue weighted by molar-refractivity contribution is 0.298. The van der Waals surface area contributed by atoms with Crippen LogP contribution in [-0.4, -0.2) is 11.4 Å². The highest BCUT2D eigenvalue weighted by molar-refractivity contribution is 5.53. The van der Waals surface area contributed by atoms with Crippen molar-refractivity contribution in [1.82, 2.24) is 4.90 Å². The molecule has 1 atom stereocenters. The molecule has 0 spiro atoms. The minimum Gasteiger partial charge on any atom is -0.352 e. The van der Waals surface area contributed by atoms with Crippen LogP contribution in [0.2, 0.25) is 0 Å². The second kappa shape index (κ2) is 7.17. The van der Waals surface area contributed by atoms with Crippen LogP contribution in [0.15, 0.2) is 73.1 Å². The zero-order chi connectivity index (χ0) is 15.2. The Balaban J connectivity index is 1.85. The first-order chi connectivity index (χ1) is 10.9. The Morgan fingerprint density at radius 1 is 0.818 bits per heavy atom. The van der Waals surface area contributed by atoms with Crippen molar-refractivity contribution in [2.45, 2.75) is 32.4 Å². The van der Waals surface area contributed by atoms with E-state index < -0.39 is 0 Å². The van der Waals surface area contributed by atoms with Gasteiger partial charge in [-0.3, -0.25) is 0 Å². The standard InChI is InChI=1S/C20H24N2/c1-2-3-10-15-21-16-17-22(19-13-8-5-9-14-19)20(21)18-11-6-4-7-12-18/h4-9,11-14,16-17,20H,2-3,10,15H2,1H3. The summed E-state index contributed by atoms with van der Waals surface area (Å²) in [4.78, 5) is 4.82. The molecule has 0 aromatic heterocycles. The molecule has 2 nitrogen and oxygen atoms in total. The van der Waals surface area contributed by atoms with E-state index in [1.165, 1.54) is 30.5 Å². The molecule has 0 saturated carbocycles. The number of benzene rings is 2. The first kappa shape index (κ1) is 14.7. The molecular weight excluding hydrogens is 268 g/mol. The minimum absolute atomic E-state index is 0.264. The fourth-order valence-corrected chi connectivity index (χ4v) is 3.03. The molecule has 0 amide bonds. The molecule has 0 bridgehead atoms. The Morgan fingerprint density at radius 3 is 2.18 bits per heavy atom. The van der Waals surface area contributed by atoms with Crippen LogP contribution in [0.4, 0.5) is 5.69 Å². The fraction of sp³-hybridized carbons (Fsp3) is 0.300. The maximum atomic E-state index is 2.46. The van der Waals surface area contributed by atoms with E-state index in [-0.39, 0.29) is 6.17 Å². The van der Waals surface area contributed by atoms with Gasteiger partial charge < -0.3 is 9.80 Å². The quantitative estimate of drug-likeness (QED) is 0.678. The van der Waals surface area contributed by atoms with Crippen LogP contribution in [-0.2, 0) is 0 Å². The van der Waals surface area contributed by atoms with Crippen LogP contribution in [0.1, 0.15) is 37.9 Å². The normalized spacial score (nSPS) is 17.2. The fourth-order valence-electron chi connectivity index (χ4n) is 3.03. The molecule has 0 N–H and O–H groups in total. The van der Waals surface area contributed by atoms with E-state index >= 15 is 0 Å². The van der Waals surface area contributed by atoms with Crippen molar-refractivity contribution < 1.29 is 0 Å². The van der Waals surface area contributed by atoms with E-state index in [4.69, 9.17) is 0 Å². The number of hydrogen-bond donors (Lipinski definition) is 0. The zero-order valence-electron chi connectivity index (χ0n) is 13.2. The third-order valence-corrected chi connectivity index (χ3v) is 4.17. The monoisotopic (exact) mass is 292 g/mol. The largest absolute Gasteiger partial charge is 0.352 e. The van der Waals surface area contributed by atoms with Gasteiger partial charge in [0.05, 0.1) is 0 Å². The number of unbranched alkanes of at least 4 members (excludes halogenated alkanes) is 2. The van der Waals surface area contributed by atoms with Gasteiger partial charge in [0, 0.05) is 24.6 Å². The van der Waals surface area contributed by atoms with Gasteiger partial charge in [0.1, 0.15) is 6.17 Å². The summed E-state index contributed by atoms with van der Waals surface area (Å²) in [6.45, 7) is 3.36. The van der Waals surface area contributed by atoms with Gasteiger partial charge in [-0.25, -0.2) is 0 Å². The Kier molecular flexibility index (Phi) is 4.79. The van der Waals surface area contributed by atoms with Gasteiger partial charge in [-0.2, -0.15) is 0 Å². The van der Waals surface area contributed by atoms with Gasteiger partial charge in [0.15, 0.2) is 0 Å². The SMILES string of the molecule is CCCCCN1C=CN(c2ccccc2)C1c1ccccc1. The van der Waals surface area contributed by atoms with Crippen LogP contribution in [0.3, 0.4) is 0 Å². The van der Waals surface area contributed by atoms with E-state index in [9.17, 15) is 0 Å². The molecule has 3 rings (SSSR count). The molecule has 1 unspecified atom stereocenters. The van der Waals surface area contributed by atoms with Gasteiger partial charge in [-0.15, -0.1) is 0 Å². The predicted octanol–water partition coefficient (Wildman–Crippen LogP) is 5.17. The lowest BCUT2D eigenvalue weighted by Crippen LogP contribution is -2.31. The Labute approximate surface area is 133 Å². The summed E-state index contributed by atoms with van der Waals surface area (Å²) in [7, 11) is 0. The first-order valence-corrected chi connectivity index (χ1v) is 8.22. The van der Waals surface area contributed by atoms with Crippen LogP contribution >= 0.6 is 0 Å². The minimum atomic E-state index is 0.264. The Bertz CT molecular complexity index is 592. The average Bonchev–Trinajstić information content (AvgIpc) is 3.01. The van der Waals surface area contributed by atoms with Crippen molar-refractivity contribution in [1.29, 1.82) is 0 Å². The average molecular weight is 292 g/mol. The lowest BCUT2D eigenvalue weighted by atomic mass is 10.1. The molecule has 1 aliphatic heterocycles. The molecule has 0 fully saturated rings. The molecule has 0 saturated heterocycles. The molecule has 2 heteroatoms. The van der Waals surface area contributed by atoms with Gasteiger partial charge in [-0.1, -0.05) is 68.3 Å². The number of anilines is 1. The zero-order valence-corrected chi connectivity index (χ0v) is 13.2. The summed E-state index contributed by atoms with van der Waals surface area (Å²) in [6.07, 6.45) is 8.50. The van der Waals surface area contributed by atoms with Crippen molar-refractivity contribution in [3.63, 3.8) is 0 Å². The maximum absolute atomic E-state index is 2.46. The number of hydrogen-bond acceptors (Lipinski definition) is 2. The molecule has 2 aromatic carbocycles. The lowest BCUT2D eigenvalue weighted by Gasteiger charge is -2.33. The summed E-state index contributed by atoms with van der Waals surface area (Å²) in [6, 6.07) is 21.4. The van der Waals surface area contributed by atoms with Crippen LogP contribution in [0.5, 0.6) is 0 Å². The van der Waals surface area contributed by atoms with Crippen molar-refractivity contribution in [2.75, 3.05) is 11.4 Å².